The number of ketones is 1. The lowest BCUT2D eigenvalue weighted by Crippen LogP contribution is -2.11. The molecule has 1 aliphatic rings. The van der Waals surface area contributed by atoms with Crippen LogP contribution in [0.2, 0.25) is 0 Å². The van der Waals surface area contributed by atoms with Crippen LogP contribution in [0.5, 0.6) is 0 Å². The average molecular weight is 329 g/mol. The molecule has 0 N–H and O–H groups in total. The van der Waals surface area contributed by atoms with Crippen LogP contribution in [0.15, 0.2) is 90.6 Å². The number of nitrogens with zero attached hydrogens (tertiary/aromatic N) is 1. The summed E-state index contributed by atoms with van der Waals surface area (Å²) in [6.07, 6.45) is 2.31. The van der Waals surface area contributed by atoms with Gasteiger partial charge >= 0.3 is 0 Å². The topological polar surface area (TPSA) is 20.3 Å². The maximum absolute atomic E-state index is 13.5. The minimum Gasteiger partial charge on any atom is -0.317 e. The highest BCUT2D eigenvalue weighted by Gasteiger charge is 2.26. The predicted octanol–water partition coefficient (Wildman–Crippen LogP) is 5.29. The van der Waals surface area contributed by atoms with E-state index in [1.54, 1.807) is 6.07 Å². The van der Waals surface area contributed by atoms with Crippen LogP contribution in [0.1, 0.15) is 15.9 Å². The van der Waals surface area contributed by atoms with E-state index in [1.165, 1.54) is 12.1 Å². The lowest BCUT2D eigenvalue weighted by atomic mass is 10.1. The Kier molecular flexibility index (Phi) is 3.90. The van der Waals surface area contributed by atoms with Gasteiger partial charge in [0, 0.05) is 35.1 Å². The fourth-order valence-electron chi connectivity index (χ4n) is 3.12. The van der Waals surface area contributed by atoms with Gasteiger partial charge in [0.2, 0.25) is 0 Å². The van der Waals surface area contributed by atoms with Crippen LogP contribution < -0.4 is 4.90 Å². The van der Waals surface area contributed by atoms with Crippen molar-refractivity contribution in [2.45, 2.75) is 6.42 Å². The van der Waals surface area contributed by atoms with E-state index in [-0.39, 0.29) is 11.6 Å². The number of Topliss-reactive ketones (excluding diaryl/α,β-unsaturated/α-hetero) is 1. The summed E-state index contributed by atoms with van der Waals surface area (Å²) in [7, 11) is 0. The maximum atomic E-state index is 13.5. The van der Waals surface area contributed by atoms with Gasteiger partial charge in [-0.3, -0.25) is 4.79 Å². The summed E-state index contributed by atoms with van der Waals surface area (Å²) >= 11 is 0. The molecule has 0 radical (unpaired) electrons. The zero-order chi connectivity index (χ0) is 17.2. The molecule has 0 aromatic heterocycles. The van der Waals surface area contributed by atoms with Gasteiger partial charge in [0.1, 0.15) is 5.82 Å². The highest BCUT2D eigenvalue weighted by atomic mass is 19.1. The molecule has 122 valence electrons. The van der Waals surface area contributed by atoms with Crippen LogP contribution in [0.25, 0.3) is 0 Å². The zero-order valence-electron chi connectivity index (χ0n) is 13.5. The zero-order valence-corrected chi connectivity index (χ0v) is 13.5. The number of rotatable bonds is 3. The normalized spacial score (nSPS) is 14.6. The molecule has 0 fully saturated rings. The molecule has 1 aliphatic carbocycles. The summed E-state index contributed by atoms with van der Waals surface area (Å²) in [5, 5.41) is 0. The number of para-hydroxylation sites is 2. The van der Waals surface area contributed by atoms with Gasteiger partial charge in [0.25, 0.3) is 0 Å². The van der Waals surface area contributed by atoms with E-state index in [9.17, 15) is 9.18 Å². The molecule has 0 bridgehead atoms. The fourth-order valence-corrected chi connectivity index (χ4v) is 3.12. The van der Waals surface area contributed by atoms with Crippen LogP contribution in [-0.2, 0) is 6.42 Å². The number of allylic oxidation sites excluding steroid dienone is 1. The van der Waals surface area contributed by atoms with Crippen LogP contribution in [0.3, 0.4) is 0 Å². The van der Waals surface area contributed by atoms with Crippen LogP contribution in [-0.4, -0.2) is 5.78 Å². The monoisotopic (exact) mass is 329 g/mol. The van der Waals surface area contributed by atoms with Gasteiger partial charge in [-0.1, -0.05) is 36.4 Å². The number of fused-ring (bicyclic) bond motifs is 1. The van der Waals surface area contributed by atoms with Crippen LogP contribution >= 0.6 is 0 Å². The molecule has 0 amide bonds. The van der Waals surface area contributed by atoms with E-state index in [1.807, 2.05) is 71.8 Å². The fraction of sp³-hybridized carbons (Fsp3) is 0.0455. The molecule has 0 unspecified atom stereocenters. The molecule has 0 saturated heterocycles. The quantitative estimate of drug-likeness (QED) is 0.609. The number of carbonyl (C=O) groups excluding carboxylic acids is 1. The summed E-state index contributed by atoms with van der Waals surface area (Å²) in [6.45, 7) is 0. The van der Waals surface area contributed by atoms with E-state index in [4.69, 9.17) is 0 Å². The molecular weight excluding hydrogens is 313 g/mol. The minimum atomic E-state index is -0.309. The number of halogens is 1. The standard InChI is InChI=1S/C22H16FNO/c23-18-11-12-21-16(14-18)13-17(22(21)25)15-24(19-7-3-1-4-8-19)20-9-5-2-6-10-20/h1-12,14-15H,13H2. The highest BCUT2D eigenvalue weighted by Crippen LogP contribution is 2.31. The van der Waals surface area contributed by atoms with E-state index in [2.05, 4.69) is 0 Å². The Bertz CT molecular complexity index is 909. The van der Waals surface area contributed by atoms with Crippen molar-refractivity contribution in [3.63, 3.8) is 0 Å². The number of carbonyl (C=O) groups is 1. The van der Waals surface area contributed by atoms with Gasteiger partial charge in [0.15, 0.2) is 5.78 Å². The smallest absolute Gasteiger partial charge is 0.191 e. The molecule has 0 saturated carbocycles. The van der Waals surface area contributed by atoms with Crippen molar-refractivity contribution in [3.05, 3.63) is 108 Å². The lowest BCUT2D eigenvalue weighted by molar-refractivity contribution is 0.103. The summed E-state index contributed by atoms with van der Waals surface area (Å²) in [4.78, 5) is 14.7. The van der Waals surface area contributed by atoms with Crippen molar-refractivity contribution in [3.8, 4) is 0 Å². The van der Waals surface area contributed by atoms with Crippen molar-refractivity contribution in [2.24, 2.45) is 0 Å². The molecule has 3 aromatic rings. The van der Waals surface area contributed by atoms with Gasteiger partial charge in [-0.25, -0.2) is 4.39 Å². The predicted molar refractivity (Wildman–Crippen MR) is 97.5 cm³/mol. The molecule has 0 atom stereocenters. The van der Waals surface area contributed by atoms with E-state index < -0.39 is 0 Å². The second-order valence-corrected chi connectivity index (χ2v) is 6.00. The van der Waals surface area contributed by atoms with Crippen LogP contribution in [0, 0.1) is 5.82 Å². The van der Waals surface area contributed by atoms with Crippen molar-refractivity contribution in [2.75, 3.05) is 4.90 Å². The summed E-state index contributed by atoms with van der Waals surface area (Å²) in [6, 6.07) is 24.1. The molecule has 4 rings (SSSR count). The van der Waals surface area contributed by atoms with Crippen molar-refractivity contribution < 1.29 is 9.18 Å². The van der Waals surface area contributed by atoms with Gasteiger partial charge in [-0.05, 0) is 48.0 Å². The number of anilines is 2. The molecule has 0 aliphatic heterocycles. The lowest BCUT2D eigenvalue weighted by Gasteiger charge is -2.21. The first-order chi connectivity index (χ1) is 12.2. The third kappa shape index (κ3) is 2.96. The molecule has 3 aromatic carbocycles. The number of benzene rings is 3. The molecule has 25 heavy (non-hydrogen) atoms. The largest absolute Gasteiger partial charge is 0.317 e. The molecular formula is C22H16FNO. The Balaban J connectivity index is 1.77. The van der Waals surface area contributed by atoms with Gasteiger partial charge in [0.05, 0.1) is 0 Å². The first-order valence-corrected chi connectivity index (χ1v) is 8.15. The number of hydrogen-bond acceptors (Lipinski definition) is 2. The van der Waals surface area contributed by atoms with Gasteiger partial charge < -0.3 is 4.90 Å². The Hall–Kier alpha value is -3.20. The molecule has 0 heterocycles. The summed E-state index contributed by atoms with van der Waals surface area (Å²) < 4.78 is 13.5. The second kappa shape index (κ2) is 6.36. The van der Waals surface area contributed by atoms with E-state index >= 15 is 0 Å². The SMILES string of the molecule is O=C1C(=CN(c2ccccc2)c2ccccc2)Cc2cc(F)ccc21. The Morgan fingerprint density at radius 3 is 2.04 bits per heavy atom. The van der Waals surface area contributed by atoms with Crippen LogP contribution in [0.4, 0.5) is 15.8 Å². The van der Waals surface area contributed by atoms with E-state index in [0.29, 0.717) is 17.6 Å². The van der Waals surface area contributed by atoms with Crippen molar-refractivity contribution >= 4 is 17.2 Å². The molecule has 2 nitrogen and oxygen atoms in total. The summed E-state index contributed by atoms with van der Waals surface area (Å²) in [5.74, 6) is -0.345. The van der Waals surface area contributed by atoms with Crippen molar-refractivity contribution in [1.82, 2.24) is 0 Å². The first kappa shape index (κ1) is 15.3. The minimum absolute atomic E-state index is 0.0353. The van der Waals surface area contributed by atoms with E-state index in [0.717, 1.165) is 16.9 Å². The van der Waals surface area contributed by atoms with Crippen molar-refractivity contribution in [1.29, 1.82) is 0 Å². The third-order valence-electron chi connectivity index (χ3n) is 4.34. The average Bonchev–Trinajstić information content (AvgIpc) is 2.96. The highest BCUT2D eigenvalue weighted by molar-refractivity contribution is 6.13. The first-order valence-electron chi connectivity index (χ1n) is 8.15. The molecule has 3 heteroatoms. The van der Waals surface area contributed by atoms with Gasteiger partial charge in [-0.15, -0.1) is 0 Å². The molecule has 0 spiro atoms. The second-order valence-electron chi connectivity index (χ2n) is 6.00. The Morgan fingerprint density at radius 1 is 0.840 bits per heavy atom. The maximum Gasteiger partial charge on any atom is 0.191 e. The van der Waals surface area contributed by atoms with Gasteiger partial charge in [-0.2, -0.15) is 0 Å². The Morgan fingerprint density at radius 2 is 1.44 bits per heavy atom. The summed E-state index contributed by atoms with van der Waals surface area (Å²) in [5.41, 5.74) is 3.94. The number of hydrogen-bond donors (Lipinski definition) is 0. The third-order valence-corrected chi connectivity index (χ3v) is 4.34. The Labute approximate surface area is 145 Å².